The standard InChI is InChI=1S/C10H15BrN4S/c11-9-12-13-10(16-9)15-5-3-14(4-6-15)7-8-1-2-8/h8H,1-7H2. The maximum absolute atomic E-state index is 4.17. The normalized spacial score (nSPS) is 22.7. The van der Waals surface area contributed by atoms with Crippen molar-refractivity contribution in [3.05, 3.63) is 3.92 Å². The predicted octanol–water partition coefficient (Wildman–Crippen LogP) is 1.83. The van der Waals surface area contributed by atoms with E-state index in [-0.39, 0.29) is 0 Å². The molecule has 1 aliphatic heterocycles. The molecule has 6 heteroatoms. The molecule has 1 aromatic rings. The summed E-state index contributed by atoms with van der Waals surface area (Å²) in [7, 11) is 0. The van der Waals surface area contributed by atoms with Crippen molar-refractivity contribution in [2.45, 2.75) is 12.8 Å². The van der Waals surface area contributed by atoms with Crippen LogP contribution in [0.3, 0.4) is 0 Å². The quantitative estimate of drug-likeness (QED) is 0.853. The summed E-state index contributed by atoms with van der Waals surface area (Å²) in [6.45, 7) is 5.84. The Morgan fingerprint density at radius 2 is 1.94 bits per heavy atom. The van der Waals surface area contributed by atoms with Crippen LogP contribution in [0, 0.1) is 5.92 Å². The van der Waals surface area contributed by atoms with E-state index < -0.39 is 0 Å². The molecule has 1 aromatic heterocycles. The minimum atomic E-state index is 0.878. The van der Waals surface area contributed by atoms with Gasteiger partial charge in [-0.3, -0.25) is 4.90 Å². The number of anilines is 1. The van der Waals surface area contributed by atoms with Gasteiger partial charge in [-0.15, -0.1) is 10.2 Å². The van der Waals surface area contributed by atoms with Gasteiger partial charge in [-0.05, 0) is 34.7 Å². The topological polar surface area (TPSA) is 32.3 Å². The van der Waals surface area contributed by atoms with Crippen LogP contribution in [-0.2, 0) is 0 Å². The summed E-state index contributed by atoms with van der Waals surface area (Å²) in [5, 5.41) is 9.22. The summed E-state index contributed by atoms with van der Waals surface area (Å²) in [6.07, 6.45) is 2.90. The number of halogens is 1. The number of aromatic nitrogens is 2. The van der Waals surface area contributed by atoms with E-state index in [0.717, 1.165) is 28.1 Å². The first-order chi connectivity index (χ1) is 7.81. The molecule has 16 heavy (non-hydrogen) atoms. The van der Waals surface area contributed by atoms with Crippen molar-refractivity contribution < 1.29 is 0 Å². The third kappa shape index (κ3) is 2.55. The SMILES string of the molecule is Brc1nnc(N2CCN(CC3CC3)CC2)s1. The monoisotopic (exact) mass is 302 g/mol. The van der Waals surface area contributed by atoms with Gasteiger partial charge >= 0.3 is 0 Å². The van der Waals surface area contributed by atoms with E-state index in [4.69, 9.17) is 0 Å². The Bertz CT molecular complexity index is 357. The lowest BCUT2D eigenvalue weighted by molar-refractivity contribution is 0.248. The third-order valence-electron chi connectivity index (χ3n) is 3.25. The zero-order chi connectivity index (χ0) is 11.0. The molecule has 2 aliphatic rings. The number of rotatable bonds is 3. The average molecular weight is 303 g/mol. The Kier molecular flexibility index (Phi) is 3.13. The zero-order valence-corrected chi connectivity index (χ0v) is 11.5. The van der Waals surface area contributed by atoms with Crippen LogP contribution >= 0.6 is 27.3 Å². The van der Waals surface area contributed by atoms with Crippen molar-refractivity contribution in [3.8, 4) is 0 Å². The van der Waals surface area contributed by atoms with E-state index in [1.165, 1.54) is 32.5 Å². The highest BCUT2D eigenvalue weighted by Gasteiger charge is 2.27. The smallest absolute Gasteiger partial charge is 0.209 e. The van der Waals surface area contributed by atoms with Gasteiger partial charge < -0.3 is 4.90 Å². The first-order valence-electron chi connectivity index (χ1n) is 5.77. The molecule has 0 bridgehead atoms. The van der Waals surface area contributed by atoms with E-state index >= 15 is 0 Å². The van der Waals surface area contributed by atoms with Gasteiger partial charge in [0.05, 0.1) is 0 Å². The van der Waals surface area contributed by atoms with Gasteiger partial charge in [-0.1, -0.05) is 11.3 Å². The highest BCUT2D eigenvalue weighted by molar-refractivity contribution is 9.11. The summed E-state index contributed by atoms with van der Waals surface area (Å²) >= 11 is 4.98. The van der Waals surface area contributed by atoms with Crippen molar-refractivity contribution in [1.29, 1.82) is 0 Å². The Balaban J connectivity index is 1.53. The molecule has 0 atom stereocenters. The Labute approximate surface area is 108 Å². The molecular weight excluding hydrogens is 288 g/mol. The molecule has 2 fully saturated rings. The van der Waals surface area contributed by atoms with Gasteiger partial charge in [0, 0.05) is 32.7 Å². The molecule has 1 aliphatic carbocycles. The lowest BCUT2D eigenvalue weighted by atomic mass is 10.3. The molecular formula is C10H15BrN4S. The zero-order valence-electron chi connectivity index (χ0n) is 9.10. The number of hydrogen-bond donors (Lipinski definition) is 0. The molecule has 0 amide bonds. The first-order valence-corrected chi connectivity index (χ1v) is 7.38. The van der Waals surface area contributed by atoms with Crippen molar-refractivity contribution in [1.82, 2.24) is 15.1 Å². The van der Waals surface area contributed by atoms with Gasteiger partial charge in [0.15, 0.2) is 3.92 Å². The lowest BCUT2D eigenvalue weighted by Gasteiger charge is -2.34. The summed E-state index contributed by atoms with van der Waals surface area (Å²) in [6, 6.07) is 0. The number of nitrogens with zero attached hydrogens (tertiary/aromatic N) is 4. The van der Waals surface area contributed by atoms with Crippen LogP contribution in [0.15, 0.2) is 3.92 Å². The summed E-state index contributed by atoms with van der Waals surface area (Å²) in [5.74, 6) is 1.00. The minimum Gasteiger partial charge on any atom is -0.344 e. The van der Waals surface area contributed by atoms with Gasteiger partial charge in [0.25, 0.3) is 0 Å². The van der Waals surface area contributed by atoms with Crippen LogP contribution in [0.2, 0.25) is 0 Å². The second-order valence-electron chi connectivity index (χ2n) is 4.57. The van der Waals surface area contributed by atoms with Crippen LogP contribution < -0.4 is 4.90 Å². The molecule has 1 saturated carbocycles. The van der Waals surface area contributed by atoms with Crippen LogP contribution in [0.1, 0.15) is 12.8 Å². The number of hydrogen-bond acceptors (Lipinski definition) is 5. The van der Waals surface area contributed by atoms with Crippen LogP contribution in [0.5, 0.6) is 0 Å². The van der Waals surface area contributed by atoms with Crippen LogP contribution in [0.25, 0.3) is 0 Å². The second kappa shape index (κ2) is 4.58. The lowest BCUT2D eigenvalue weighted by Crippen LogP contribution is -2.47. The fraction of sp³-hybridized carbons (Fsp3) is 0.800. The van der Waals surface area contributed by atoms with E-state index in [9.17, 15) is 0 Å². The molecule has 2 heterocycles. The molecule has 0 radical (unpaired) electrons. The van der Waals surface area contributed by atoms with E-state index in [2.05, 4.69) is 35.9 Å². The first kappa shape index (κ1) is 10.9. The maximum Gasteiger partial charge on any atom is 0.209 e. The molecule has 0 N–H and O–H groups in total. The van der Waals surface area contributed by atoms with E-state index in [1.807, 2.05) is 0 Å². The molecule has 4 nitrogen and oxygen atoms in total. The Morgan fingerprint density at radius 1 is 1.19 bits per heavy atom. The highest BCUT2D eigenvalue weighted by atomic mass is 79.9. The van der Waals surface area contributed by atoms with Crippen molar-refractivity contribution in [2.24, 2.45) is 5.92 Å². The molecule has 0 spiro atoms. The fourth-order valence-corrected chi connectivity index (χ4v) is 3.25. The van der Waals surface area contributed by atoms with Crippen molar-refractivity contribution in [3.63, 3.8) is 0 Å². The van der Waals surface area contributed by atoms with Gasteiger partial charge in [-0.2, -0.15) is 0 Å². The maximum atomic E-state index is 4.17. The molecule has 88 valence electrons. The highest BCUT2D eigenvalue weighted by Crippen LogP contribution is 2.30. The Morgan fingerprint density at radius 3 is 2.50 bits per heavy atom. The molecule has 0 unspecified atom stereocenters. The van der Waals surface area contributed by atoms with Crippen LogP contribution in [0.4, 0.5) is 5.13 Å². The Hall–Kier alpha value is -0.200. The largest absolute Gasteiger partial charge is 0.344 e. The predicted molar refractivity (Wildman–Crippen MR) is 69.0 cm³/mol. The molecule has 0 aromatic carbocycles. The molecule has 3 rings (SSSR count). The van der Waals surface area contributed by atoms with Gasteiger partial charge in [0.1, 0.15) is 0 Å². The number of piperazine rings is 1. The third-order valence-corrected chi connectivity index (χ3v) is 4.66. The van der Waals surface area contributed by atoms with Gasteiger partial charge in [-0.25, -0.2) is 0 Å². The summed E-state index contributed by atoms with van der Waals surface area (Å²) in [4.78, 5) is 4.93. The fourth-order valence-electron chi connectivity index (χ4n) is 2.11. The van der Waals surface area contributed by atoms with Gasteiger partial charge in [0.2, 0.25) is 5.13 Å². The average Bonchev–Trinajstić information content (AvgIpc) is 3.00. The summed E-state index contributed by atoms with van der Waals surface area (Å²) < 4.78 is 0.878. The van der Waals surface area contributed by atoms with Crippen molar-refractivity contribution in [2.75, 3.05) is 37.6 Å². The van der Waals surface area contributed by atoms with Crippen molar-refractivity contribution >= 4 is 32.4 Å². The second-order valence-corrected chi connectivity index (χ2v) is 6.80. The molecule has 1 saturated heterocycles. The minimum absolute atomic E-state index is 0.878. The summed E-state index contributed by atoms with van der Waals surface area (Å²) in [5.41, 5.74) is 0. The van der Waals surface area contributed by atoms with Crippen LogP contribution in [-0.4, -0.2) is 47.8 Å². The van der Waals surface area contributed by atoms with E-state index in [1.54, 1.807) is 11.3 Å². The van der Waals surface area contributed by atoms with E-state index in [0.29, 0.717) is 0 Å².